The number of thiophene rings is 2. The van der Waals surface area contributed by atoms with E-state index in [1.165, 1.54) is 67.9 Å². The van der Waals surface area contributed by atoms with Gasteiger partial charge in [0.15, 0.2) is 0 Å². The number of hydrogen-bond donors (Lipinski definition) is 0. The van der Waals surface area contributed by atoms with Gasteiger partial charge in [-0.05, 0) is 65.0 Å². The Morgan fingerprint density at radius 3 is 2.16 bits per heavy atom. The van der Waals surface area contributed by atoms with E-state index in [4.69, 9.17) is 0 Å². The predicted octanol–water partition coefficient (Wildman–Crippen LogP) is 12.1. The van der Waals surface area contributed by atoms with Gasteiger partial charge < -0.3 is 4.90 Å². The van der Waals surface area contributed by atoms with Crippen LogP contribution in [-0.4, -0.2) is 4.98 Å². The lowest BCUT2D eigenvalue weighted by Gasteiger charge is -2.26. The first-order valence-electron chi connectivity index (χ1n) is 14.4. The fourth-order valence-corrected chi connectivity index (χ4v) is 8.69. The van der Waals surface area contributed by atoms with E-state index in [1.807, 2.05) is 35.1 Å². The second kappa shape index (κ2) is 9.77. The van der Waals surface area contributed by atoms with Crippen molar-refractivity contribution in [2.75, 3.05) is 4.90 Å². The van der Waals surface area contributed by atoms with Crippen LogP contribution in [0.2, 0.25) is 0 Å². The van der Waals surface area contributed by atoms with Crippen LogP contribution in [-0.2, 0) is 0 Å². The van der Waals surface area contributed by atoms with E-state index < -0.39 is 0 Å². The van der Waals surface area contributed by atoms with E-state index in [-0.39, 0.29) is 0 Å². The second-order valence-electron chi connectivity index (χ2n) is 10.8. The van der Waals surface area contributed by atoms with Gasteiger partial charge in [-0.2, -0.15) is 0 Å². The minimum atomic E-state index is 1.14. The van der Waals surface area contributed by atoms with Crippen molar-refractivity contribution < 1.29 is 0 Å². The lowest BCUT2D eigenvalue weighted by atomic mass is 10.0. The Balaban J connectivity index is 1.29. The maximum Gasteiger partial charge on any atom is 0.0640 e. The molecule has 0 atom stereocenters. The second-order valence-corrected chi connectivity index (χ2v) is 13.0. The molecule has 3 aromatic heterocycles. The van der Waals surface area contributed by atoms with Crippen molar-refractivity contribution >= 4 is 90.9 Å². The molecule has 0 aliphatic heterocycles. The van der Waals surface area contributed by atoms with Gasteiger partial charge in [0.25, 0.3) is 0 Å². The number of hydrogen-bond acceptors (Lipinski definition) is 4. The quantitative estimate of drug-likeness (QED) is 0.205. The monoisotopic (exact) mass is 584 g/mol. The van der Waals surface area contributed by atoms with Gasteiger partial charge in [-0.25, -0.2) is 0 Å². The maximum atomic E-state index is 4.48. The molecule has 4 heteroatoms. The van der Waals surface area contributed by atoms with E-state index in [0.717, 1.165) is 11.4 Å². The lowest BCUT2D eigenvalue weighted by molar-refractivity contribution is 1.31. The van der Waals surface area contributed by atoms with Gasteiger partial charge >= 0.3 is 0 Å². The van der Waals surface area contributed by atoms with Gasteiger partial charge in [-0.3, -0.25) is 4.98 Å². The Bertz CT molecular complexity index is 2450. The number of anilines is 3. The van der Waals surface area contributed by atoms with E-state index in [9.17, 15) is 0 Å². The summed E-state index contributed by atoms with van der Waals surface area (Å²) in [6.45, 7) is 0. The molecule has 43 heavy (non-hydrogen) atoms. The summed E-state index contributed by atoms with van der Waals surface area (Å²) in [7, 11) is 0. The molecule has 0 saturated heterocycles. The average Bonchev–Trinajstić information content (AvgIpc) is 3.64. The van der Waals surface area contributed by atoms with Gasteiger partial charge in [-0.1, -0.05) is 84.9 Å². The minimum Gasteiger partial charge on any atom is -0.309 e. The van der Waals surface area contributed by atoms with Gasteiger partial charge in [0.05, 0.1) is 10.4 Å². The van der Waals surface area contributed by atoms with Crippen LogP contribution >= 0.6 is 22.7 Å². The Morgan fingerprint density at radius 1 is 0.488 bits per heavy atom. The zero-order valence-corrected chi connectivity index (χ0v) is 24.7. The van der Waals surface area contributed by atoms with Crippen molar-refractivity contribution in [3.63, 3.8) is 0 Å². The minimum absolute atomic E-state index is 1.14. The third-order valence-electron chi connectivity index (χ3n) is 8.35. The Morgan fingerprint density at radius 2 is 1.26 bits per heavy atom. The van der Waals surface area contributed by atoms with Gasteiger partial charge in [0.2, 0.25) is 0 Å². The molecule has 0 amide bonds. The van der Waals surface area contributed by atoms with Crippen LogP contribution < -0.4 is 4.90 Å². The third kappa shape index (κ3) is 3.95. The Hall–Kier alpha value is -5.03. The molecule has 0 aliphatic rings. The van der Waals surface area contributed by atoms with Crippen LogP contribution in [0.1, 0.15) is 0 Å². The van der Waals surface area contributed by atoms with Gasteiger partial charge in [0.1, 0.15) is 0 Å². The average molecular weight is 585 g/mol. The SMILES string of the molecule is c1ccc(-c2ccc(N(c3ccc4c(c3)sc3ccccc34)c3cccc4c3sc3ccc5ccncc5c34)cc2)cc1. The standard InChI is InChI=1S/C39H24N2S2/c1-2-7-25(8-3-1)26-13-16-28(17-14-26)41(29-18-19-31-30-9-4-5-12-35(30)42-37(31)23-29)34-11-6-10-32-38-33-24-40-22-21-27(33)15-20-36(38)43-39(32)34/h1-24H. The molecular weight excluding hydrogens is 561 g/mol. The van der Waals surface area contributed by atoms with Crippen LogP contribution in [0.25, 0.3) is 62.2 Å². The Labute approximate surface area is 256 Å². The number of benzene rings is 6. The van der Waals surface area contributed by atoms with E-state index >= 15 is 0 Å². The highest BCUT2D eigenvalue weighted by Crippen LogP contribution is 2.47. The molecule has 0 spiro atoms. The third-order valence-corrected chi connectivity index (χ3v) is 10.7. The number of nitrogens with zero attached hydrogens (tertiary/aromatic N) is 2. The molecule has 9 rings (SSSR count). The largest absolute Gasteiger partial charge is 0.309 e. The Kier molecular flexibility index (Phi) is 5.58. The molecule has 6 aromatic carbocycles. The first kappa shape index (κ1) is 24.6. The molecule has 202 valence electrons. The molecule has 2 nitrogen and oxygen atoms in total. The summed E-state index contributed by atoms with van der Waals surface area (Å²) < 4.78 is 5.17. The van der Waals surface area contributed by atoms with Gasteiger partial charge in [-0.15, -0.1) is 22.7 Å². The fraction of sp³-hybridized carbons (Fsp3) is 0. The highest BCUT2D eigenvalue weighted by atomic mass is 32.1. The van der Waals surface area contributed by atoms with Gasteiger partial charge in [0, 0.05) is 64.8 Å². The highest BCUT2D eigenvalue weighted by molar-refractivity contribution is 7.26. The summed E-state index contributed by atoms with van der Waals surface area (Å²) in [6.07, 6.45) is 3.88. The number of rotatable bonds is 4. The van der Waals surface area contributed by atoms with E-state index in [2.05, 4.69) is 143 Å². The molecule has 0 radical (unpaired) electrons. The molecule has 0 N–H and O–H groups in total. The molecule has 0 bridgehead atoms. The van der Waals surface area contributed by atoms with Crippen LogP contribution in [0.4, 0.5) is 17.1 Å². The normalized spacial score (nSPS) is 11.7. The summed E-state index contributed by atoms with van der Waals surface area (Å²) in [6, 6.07) is 48.5. The summed E-state index contributed by atoms with van der Waals surface area (Å²) in [5.74, 6) is 0. The predicted molar refractivity (Wildman–Crippen MR) is 188 cm³/mol. The maximum absolute atomic E-state index is 4.48. The first-order chi connectivity index (χ1) is 21.3. The summed E-state index contributed by atoms with van der Waals surface area (Å²) in [5.41, 5.74) is 5.91. The van der Waals surface area contributed by atoms with Crippen LogP contribution in [0.3, 0.4) is 0 Å². The van der Waals surface area contributed by atoms with Crippen molar-refractivity contribution in [1.82, 2.24) is 4.98 Å². The van der Waals surface area contributed by atoms with Crippen molar-refractivity contribution in [2.45, 2.75) is 0 Å². The zero-order chi connectivity index (χ0) is 28.3. The lowest BCUT2D eigenvalue weighted by Crippen LogP contribution is -2.09. The number of aromatic nitrogens is 1. The number of pyridine rings is 1. The zero-order valence-electron chi connectivity index (χ0n) is 23.1. The van der Waals surface area contributed by atoms with Crippen molar-refractivity contribution in [3.8, 4) is 11.1 Å². The molecule has 0 fully saturated rings. The summed E-state index contributed by atoms with van der Waals surface area (Å²) in [4.78, 5) is 6.90. The fourth-order valence-electron chi connectivity index (χ4n) is 6.33. The molecule has 0 saturated carbocycles. The highest BCUT2D eigenvalue weighted by Gasteiger charge is 2.20. The smallest absolute Gasteiger partial charge is 0.0640 e. The summed E-state index contributed by atoms with van der Waals surface area (Å²) in [5, 5.41) is 7.60. The molecular formula is C39H24N2S2. The molecule has 0 unspecified atom stereocenters. The van der Waals surface area contributed by atoms with Crippen molar-refractivity contribution in [1.29, 1.82) is 0 Å². The van der Waals surface area contributed by atoms with Crippen LogP contribution in [0.5, 0.6) is 0 Å². The van der Waals surface area contributed by atoms with E-state index in [0.29, 0.717) is 0 Å². The van der Waals surface area contributed by atoms with Crippen LogP contribution in [0.15, 0.2) is 146 Å². The van der Waals surface area contributed by atoms with Crippen molar-refractivity contribution in [2.24, 2.45) is 0 Å². The van der Waals surface area contributed by atoms with E-state index in [1.54, 1.807) is 0 Å². The topological polar surface area (TPSA) is 16.1 Å². The van der Waals surface area contributed by atoms with Crippen LogP contribution in [0, 0.1) is 0 Å². The molecule has 9 aromatic rings. The molecule has 3 heterocycles. The van der Waals surface area contributed by atoms with Crippen molar-refractivity contribution in [3.05, 3.63) is 146 Å². The summed E-state index contributed by atoms with van der Waals surface area (Å²) >= 11 is 3.72. The number of fused-ring (bicyclic) bond motifs is 8. The first-order valence-corrected chi connectivity index (χ1v) is 16.0. The molecule has 0 aliphatic carbocycles.